The lowest BCUT2D eigenvalue weighted by Crippen LogP contribution is -2.02. The Balaban J connectivity index is 2.34. The first-order valence-corrected chi connectivity index (χ1v) is 5.35. The first kappa shape index (κ1) is 10.8. The number of rotatable bonds is 2. The van der Waals surface area contributed by atoms with E-state index in [1.807, 2.05) is 6.07 Å². The molecule has 0 spiro atoms. The van der Waals surface area contributed by atoms with Gasteiger partial charge in [-0.25, -0.2) is 4.39 Å². The van der Waals surface area contributed by atoms with Gasteiger partial charge in [0.15, 0.2) is 0 Å². The van der Waals surface area contributed by atoms with Gasteiger partial charge in [-0.2, -0.15) is 10.4 Å². The Morgan fingerprint density at radius 2 is 2.31 bits per heavy atom. The predicted octanol–water partition coefficient (Wildman–Crippen LogP) is 2.70. The standard InChI is InChI=1S/C11H7BrFN3/c12-10-5-15-16(7-10)6-9-3-11(13)2-1-8(9)4-14/h1-3,5,7H,6H2. The number of nitriles is 1. The molecule has 0 fully saturated rings. The van der Waals surface area contributed by atoms with Crippen molar-refractivity contribution in [2.45, 2.75) is 6.54 Å². The molecule has 2 aromatic rings. The molecule has 0 amide bonds. The van der Waals surface area contributed by atoms with Crippen molar-refractivity contribution in [2.75, 3.05) is 0 Å². The molecule has 0 saturated carbocycles. The molecule has 1 aromatic heterocycles. The summed E-state index contributed by atoms with van der Waals surface area (Å²) in [5.41, 5.74) is 1.09. The molecule has 0 aliphatic carbocycles. The largest absolute Gasteiger partial charge is 0.267 e. The molecule has 2 rings (SSSR count). The highest BCUT2D eigenvalue weighted by Gasteiger charge is 2.05. The number of nitrogens with zero attached hydrogens (tertiary/aromatic N) is 3. The Hall–Kier alpha value is -1.67. The normalized spacial score (nSPS) is 10.1. The van der Waals surface area contributed by atoms with Crippen molar-refractivity contribution in [1.82, 2.24) is 9.78 Å². The van der Waals surface area contributed by atoms with Crippen LogP contribution in [0.1, 0.15) is 11.1 Å². The maximum absolute atomic E-state index is 13.0. The van der Waals surface area contributed by atoms with Gasteiger partial charge in [0.25, 0.3) is 0 Å². The second kappa shape index (κ2) is 4.45. The smallest absolute Gasteiger partial charge is 0.123 e. The molecular formula is C11H7BrFN3. The fourth-order valence-electron chi connectivity index (χ4n) is 1.40. The van der Waals surface area contributed by atoms with Crippen LogP contribution in [0.25, 0.3) is 0 Å². The molecule has 5 heteroatoms. The average molecular weight is 280 g/mol. The molecule has 0 radical (unpaired) electrons. The molecule has 0 unspecified atom stereocenters. The Labute approximate surface area is 100 Å². The van der Waals surface area contributed by atoms with Gasteiger partial charge in [-0.15, -0.1) is 0 Å². The van der Waals surface area contributed by atoms with Crippen molar-refractivity contribution in [1.29, 1.82) is 5.26 Å². The van der Waals surface area contributed by atoms with Crippen LogP contribution in [0.15, 0.2) is 35.1 Å². The SMILES string of the molecule is N#Cc1ccc(F)cc1Cn1cc(Br)cn1. The van der Waals surface area contributed by atoms with Gasteiger partial charge in [0.05, 0.1) is 28.8 Å². The second-order valence-corrected chi connectivity index (χ2v) is 4.19. The first-order valence-electron chi connectivity index (χ1n) is 4.55. The van der Waals surface area contributed by atoms with Crippen molar-refractivity contribution in [2.24, 2.45) is 0 Å². The highest BCUT2D eigenvalue weighted by atomic mass is 79.9. The van der Waals surface area contributed by atoms with Gasteiger partial charge in [-0.05, 0) is 39.7 Å². The van der Waals surface area contributed by atoms with Gasteiger partial charge in [0.1, 0.15) is 5.82 Å². The number of hydrogen-bond donors (Lipinski definition) is 0. The summed E-state index contributed by atoms with van der Waals surface area (Å²) in [5, 5.41) is 12.9. The summed E-state index contributed by atoms with van der Waals surface area (Å²) >= 11 is 3.27. The summed E-state index contributed by atoms with van der Waals surface area (Å²) in [6.45, 7) is 0.381. The number of aromatic nitrogens is 2. The number of benzene rings is 1. The van der Waals surface area contributed by atoms with Gasteiger partial charge < -0.3 is 0 Å². The van der Waals surface area contributed by atoms with E-state index in [1.165, 1.54) is 18.2 Å². The number of hydrogen-bond acceptors (Lipinski definition) is 2. The van der Waals surface area contributed by atoms with Crippen LogP contribution in [-0.2, 0) is 6.54 Å². The molecule has 0 saturated heterocycles. The van der Waals surface area contributed by atoms with Crippen LogP contribution in [0.5, 0.6) is 0 Å². The summed E-state index contributed by atoms with van der Waals surface area (Å²) in [7, 11) is 0. The quantitative estimate of drug-likeness (QED) is 0.848. The van der Waals surface area contributed by atoms with Gasteiger partial charge in [-0.3, -0.25) is 4.68 Å². The van der Waals surface area contributed by atoms with Crippen LogP contribution in [0.3, 0.4) is 0 Å². The summed E-state index contributed by atoms with van der Waals surface area (Å²) in [6, 6.07) is 6.14. The molecule has 0 aliphatic heterocycles. The highest BCUT2D eigenvalue weighted by molar-refractivity contribution is 9.10. The molecule has 1 heterocycles. The zero-order chi connectivity index (χ0) is 11.5. The lowest BCUT2D eigenvalue weighted by Gasteiger charge is -2.04. The van der Waals surface area contributed by atoms with E-state index in [0.717, 1.165) is 4.47 Å². The van der Waals surface area contributed by atoms with E-state index in [2.05, 4.69) is 21.0 Å². The third-order valence-corrected chi connectivity index (χ3v) is 2.53. The van der Waals surface area contributed by atoms with Crippen molar-refractivity contribution < 1.29 is 4.39 Å². The van der Waals surface area contributed by atoms with Crippen LogP contribution in [-0.4, -0.2) is 9.78 Å². The van der Waals surface area contributed by atoms with Crippen molar-refractivity contribution in [3.8, 4) is 6.07 Å². The van der Waals surface area contributed by atoms with Crippen LogP contribution >= 0.6 is 15.9 Å². The van der Waals surface area contributed by atoms with E-state index in [-0.39, 0.29) is 5.82 Å². The van der Waals surface area contributed by atoms with Gasteiger partial charge in [0, 0.05) is 6.20 Å². The van der Waals surface area contributed by atoms with E-state index >= 15 is 0 Å². The number of halogens is 2. The topological polar surface area (TPSA) is 41.6 Å². The summed E-state index contributed by atoms with van der Waals surface area (Å²) < 4.78 is 15.5. The van der Waals surface area contributed by atoms with Crippen LogP contribution in [0, 0.1) is 17.1 Å². The fraction of sp³-hybridized carbons (Fsp3) is 0.0909. The molecule has 80 valence electrons. The Bertz CT molecular complexity index is 557. The van der Waals surface area contributed by atoms with E-state index in [1.54, 1.807) is 17.1 Å². The summed E-state index contributed by atoms with van der Waals surface area (Å²) in [6.07, 6.45) is 3.41. The summed E-state index contributed by atoms with van der Waals surface area (Å²) in [5.74, 6) is -0.347. The van der Waals surface area contributed by atoms with Crippen molar-refractivity contribution in [3.63, 3.8) is 0 Å². The predicted molar refractivity (Wildman–Crippen MR) is 60.1 cm³/mol. The molecule has 0 atom stereocenters. The minimum Gasteiger partial charge on any atom is -0.267 e. The van der Waals surface area contributed by atoms with Gasteiger partial charge >= 0.3 is 0 Å². The minimum absolute atomic E-state index is 0.347. The fourth-order valence-corrected chi connectivity index (χ4v) is 1.73. The molecule has 0 N–H and O–H groups in total. The Kier molecular flexibility index (Phi) is 3.02. The Morgan fingerprint density at radius 1 is 1.50 bits per heavy atom. The van der Waals surface area contributed by atoms with Crippen molar-refractivity contribution >= 4 is 15.9 Å². The monoisotopic (exact) mass is 279 g/mol. The molecule has 1 aromatic carbocycles. The highest BCUT2D eigenvalue weighted by Crippen LogP contribution is 2.13. The first-order chi connectivity index (χ1) is 7.69. The van der Waals surface area contributed by atoms with Crippen LogP contribution in [0.2, 0.25) is 0 Å². The zero-order valence-electron chi connectivity index (χ0n) is 8.19. The maximum atomic E-state index is 13.0. The third kappa shape index (κ3) is 2.28. The lowest BCUT2D eigenvalue weighted by atomic mass is 10.1. The molecule has 16 heavy (non-hydrogen) atoms. The zero-order valence-corrected chi connectivity index (χ0v) is 9.78. The minimum atomic E-state index is -0.347. The van der Waals surface area contributed by atoms with Gasteiger partial charge in [-0.1, -0.05) is 0 Å². The third-order valence-electron chi connectivity index (χ3n) is 2.12. The Morgan fingerprint density at radius 3 is 2.94 bits per heavy atom. The second-order valence-electron chi connectivity index (χ2n) is 3.27. The molecule has 0 bridgehead atoms. The van der Waals surface area contributed by atoms with Crippen molar-refractivity contribution in [3.05, 3.63) is 52.0 Å². The molecular weight excluding hydrogens is 273 g/mol. The lowest BCUT2D eigenvalue weighted by molar-refractivity contribution is 0.618. The van der Waals surface area contributed by atoms with E-state index in [0.29, 0.717) is 17.7 Å². The van der Waals surface area contributed by atoms with E-state index < -0.39 is 0 Å². The summed E-state index contributed by atoms with van der Waals surface area (Å²) in [4.78, 5) is 0. The average Bonchev–Trinajstić information content (AvgIpc) is 2.64. The van der Waals surface area contributed by atoms with Crippen LogP contribution in [0.4, 0.5) is 4.39 Å². The molecule has 0 aliphatic rings. The molecule has 3 nitrogen and oxygen atoms in total. The van der Waals surface area contributed by atoms with Crippen LogP contribution < -0.4 is 0 Å². The van der Waals surface area contributed by atoms with Gasteiger partial charge in [0.2, 0.25) is 0 Å². The van der Waals surface area contributed by atoms with E-state index in [4.69, 9.17) is 5.26 Å². The maximum Gasteiger partial charge on any atom is 0.123 e. The van der Waals surface area contributed by atoms with E-state index in [9.17, 15) is 4.39 Å².